The van der Waals surface area contributed by atoms with Gasteiger partial charge in [-0.15, -0.1) is 0 Å². The quantitative estimate of drug-likeness (QED) is 0.609. The summed E-state index contributed by atoms with van der Waals surface area (Å²) in [7, 11) is 0. The minimum Gasteiger partial charge on any atom is -0.449 e. The van der Waals surface area contributed by atoms with E-state index in [1.54, 1.807) is 12.1 Å². The molecule has 0 aliphatic carbocycles. The average Bonchev–Trinajstić information content (AvgIpc) is 2.21. The summed E-state index contributed by atoms with van der Waals surface area (Å²) in [5.41, 5.74) is 10.8. The van der Waals surface area contributed by atoms with Gasteiger partial charge in [-0.05, 0) is 19.1 Å². The zero-order valence-corrected chi connectivity index (χ0v) is 9.32. The highest BCUT2D eigenvalue weighted by Crippen LogP contribution is 2.23. The second-order valence-corrected chi connectivity index (χ2v) is 3.56. The maximum absolute atomic E-state index is 11.6. The lowest BCUT2D eigenvalue weighted by molar-refractivity contribution is -0.125. The van der Waals surface area contributed by atoms with Crippen LogP contribution in [0.4, 0.5) is 5.69 Å². The van der Waals surface area contributed by atoms with E-state index < -0.39 is 18.0 Å². The lowest BCUT2D eigenvalue weighted by Gasteiger charge is -2.11. The molecule has 86 valence electrons. The molecule has 0 aliphatic rings. The molecule has 0 bridgehead atoms. The van der Waals surface area contributed by atoms with Crippen LogP contribution in [0.1, 0.15) is 17.3 Å². The molecule has 1 aromatic carbocycles. The first-order valence-electron chi connectivity index (χ1n) is 4.47. The number of halogens is 1. The minimum atomic E-state index is -1.01. The molecular formula is C10H11ClN2O3. The Morgan fingerprint density at radius 3 is 2.62 bits per heavy atom. The highest BCUT2D eigenvalue weighted by atomic mass is 35.5. The lowest BCUT2D eigenvalue weighted by Crippen LogP contribution is -2.30. The van der Waals surface area contributed by atoms with Crippen LogP contribution in [-0.4, -0.2) is 18.0 Å². The number of para-hydroxylation sites is 1. The third-order valence-corrected chi connectivity index (χ3v) is 2.29. The second-order valence-electron chi connectivity index (χ2n) is 3.15. The first-order chi connectivity index (χ1) is 7.43. The molecule has 5 nitrogen and oxygen atoms in total. The number of amides is 1. The number of benzene rings is 1. The number of esters is 1. The van der Waals surface area contributed by atoms with Crippen molar-refractivity contribution in [1.29, 1.82) is 0 Å². The number of ether oxygens (including phenoxy) is 1. The second kappa shape index (κ2) is 4.85. The van der Waals surface area contributed by atoms with Gasteiger partial charge < -0.3 is 16.2 Å². The van der Waals surface area contributed by atoms with E-state index in [1.807, 2.05) is 0 Å². The van der Waals surface area contributed by atoms with Crippen LogP contribution in [0.2, 0.25) is 5.02 Å². The maximum atomic E-state index is 11.6. The fourth-order valence-electron chi connectivity index (χ4n) is 0.997. The molecular weight excluding hydrogens is 232 g/mol. The normalized spacial score (nSPS) is 11.9. The summed E-state index contributed by atoms with van der Waals surface area (Å²) < 4.78 is 4.78. The van der Waals surface area contributed by atoms with Gasteiger partial charge >= 0.3 is 5.97 Å². The van der Waals surface area contributed by atoms with Crippen molar-refractivity contribution in [3.63, 3.8) is 0 Å². The van der Waals surface area contributed by atoms with Gasteiger partial charge in [0.15, 0.2) is 6.10 Å². The molecule has 16 heavy (non-hydrogen) atoms. The van der Waals surface area contributed by atoms with Gasteiger partial charge in [-0.2, -0.15) is 0 Å². The van der Waals surface area contributed by atoms with Crippen molar-refractivity contribution in [2.24, 2.45) is 5.73 Å². The molecule has 6 heteroatoms. The summed E-state index contributed by atoms with van der Waals surface area (Å²) in [6.07, 6.45) is -1.01. The molecule has 0 aromatic heterocycles. The van der Waals surface area contributed by atoms with Crippen LogP contribution in [-0.2, 0) is 9.53 Å². The monoisotopic (exact) mass is 242 g/mol. The summed E-state index contributed by atoms with van der Waals surface area (Å²) in [4.78, 5) is 22.3. The van der Waals surface area contributed by atoms with Gasteiger partial charge in [-0.3, -0.25) is 4.79 Å². The standard InChI is InChI=1S/C10H11ClN2O3/c1-5(9(13)14)16-10(15)6-3-2-4-7(11)8(6)12/h2-5H,12H2,1H3,(H2,13,14). The number of anilines is 1. The number of primary amides is 1. The topological polar surface area (TPSA) is 95.4 Å². The van der Waals surface area contributed by atoms with E-state index in [1.165, 1.54) is 13.0 Å². The molecule has 0 saturated carbocycles. The fraction of sp³-hybridized carbons (Fsp3) is 0.200. The van der Waals surface area contributed by atoms with Crippen LogP contribution in [0.15, 0.2) is 18.2 Å². The SMILES string of the molecule is CC(OC(=O)c1cccc(Cl)c1N)C(N)=O. The fourth-order valence-corrected chi connectivity index (χ4v) is 1.17. The largest absolute Gasteiger partial charge is 0.449 e. The van der Waals surface area contributed by atoms with Crippen LogP contribution in [0.25, 0.3) is 0 Å². The smallest absolute Gasteiger partial charge is 0.341 e. The number of hydrogen-bond acceptors (Lipinski definition) is 4. The van der Waals surface area contributed by atoms with Gasteiger partial charge in [0, 0.05) is 0 Å². The van der Waals surface area contributed by atoms with Crippen molar-refractivity contribution in [2.75, 3.05) is 5.73 Å². The van der Waals surface area contributed by atoms with E-state index >= 15 is 0 Å². The Bertz CT molecular complexity index is 434. The van der Waals surface area contributed by atoms with E-state index in [0.717, 1.165) is 0 Å². The lowest BCUT2D eigenvalue weighted by atomic mass is 10.2. The van der Waals surface area contributed by atoms with Gasteiger partial charge in [-0.25, -0.2) is 4.79 Å². The first kappa shape index (κ1) is 12.3. The number of nitrogen functional groups attached to an aromatic ring is 1. The van der Waals surface area contributed by atoms with E-state index in [0.29, 0.717) is 0 Å². The van der Waals surface area contributed by atoms with Crippen molar-refractivity contribution in [3.05, 3.63) is 28.8 Å². The number of hydrogen-bond donors (Lipinski definition) is 2. The molecule has 1 aromatic rings. The molecule has 0 saturated heterocycles. The summed E-state index contributed by atoms with van der Waals surface area (Å²) in [5, 5.41) is 0.251. The zero-order valence-electron chi connectivity index (χ0n) is 8.57. The highest BCUT2D eigenvalue weighted by Gasteiger charge is 2.18. The molecule has 0 fully saturated rings. The number of carbonyl (C=O) groups excluding carboxylic acids is 2. The van der Waals surface area contributed by atoms with Crippen LogP contribution in [0, 0.1) is 0 Å². The Morgan fingerprint density at radius 2 is 2.06 bits per heavy atom. The molecule has 0 radical (unpaired) electrons. The first-order valence-corrected chi connectivity index (χ1v) is 4.85. The van der Waals surface area contributed by atoms with Crippen LogP contribution in [0.3, 0.4) is 0 Å². The van der Waals surface area contributed by atoms with E-state index in [2.05, 4.69) is 0 Å². The number of rotatable bonds is 3. The van der Waals surface area contributed by atoms with Gasteiger partial charge in [0.1, 0.15) is 0 Å². The Morgan fingerprint density at radius 1 is 1.44 bits per heavy atom. The van der Waals surface area contributed by atoms with Crippen molar-refractivity contribution in [3.8, 4) is 0 Å². The van der Waals surface area contributed by atoms with Crippen LogP contribution in [0.5, 0.6) is 0 Å². The van der Waals surface area contributed by atoms with Crippen molar-refractivity contribution in [2.45, 2.75) is 13.0 Å². The molecule has 1 rings (SSSR count). The van der Waals surface area contributed by atoms with Gasteiger partial charge in [-0.1, -0.05) is 17.7 Å². The highest BCUT2D eigenvalue weighted by molar-refractivity contribution is 6.33. The van der Waals surface area contributed by atoms with E-state index in [-0.39, 0.29) is 16.3 Å². The van der Waals surface area contributed by atoms with E-state index in [4.69, 9.17) is 27.8 Å². The Labute approximate surface area is 97.3 Å². The van der Waals surface area contributed by atoms with Crippen molar-refractivity contribution in [1.82, 2.24) is 0 Å². The summed E-state index contributed by atoms with van der Waals surface area (Å²) in [6, 6.07) is 4.56. The van der Waals surface area contributed by atoms with Gasteiger partial charge in [0.05, 0.1) is 16.3 Å². The third-order valence-electron chi connectivity index (χ3n) is 1.96. The molecule has 0 heterocycles. The Balaban J connectivity index is 2.89. The number of carbonyl (C=O) groups is 2. The minimum absolute atomic E-state index is 0.112. The zero-order chi connectivity index (χ0) is 12.3. The molecule has 0 spiro atoms. The summed E-state index contributed by atoms with van der Waals surface area (Å²) in [6.45, 7) is 1.38. The Kier molecular flexibility index (Phi) is 3.73. The van der Waals surface area contributed by atoms with Crippen LogP contribution < -0.4 is 11.5 Å². The summed E-state index contributed by atoms with van der Waals surface area (Å²) in [5.74, 6) is -1.46. The molecule has 0 aliphatic heterocycles. The predicted octanol–water partition coefficient (Wildman–Crippen LogP) is 0.953. The molecule has 1 atom stereocenters. The van der Waals surface area contributed by atoms with E-state index in [9.17, 15) is 9.59 Å². The molecule has 1 amide bonds. The Hall–Kier alpha value is -1.75. The van der Waals surface area contributed by atoms with Crippen molar-refractivity contribution >= 4 is 29.2 Å². The van der Waals surface area contributed by atoms with Gasteiger partial charge in [0.25, 0.3) is 5.91 Å². The predicted molar refractivity (Wildman–Crippen MR) is 59.9 cm³/mol. The average molecular weight is 243 g/mol. The maximum Gasteiger partial charge on any atom is 0.341 e. The van der Waals surface area contributed by atoms with Crippen LogP contribution >= 0.6 is 11.6 Å². The van der Waals surface area contributed by atoms with Crippen molar-refractivity contribution < 1.29 is 14.3 Å². The third kappa shape index (κ3) is 2.64. The molecule has 1 unspecified atom stereocenters. The number of nitrogens with two attached hydrogens (primary N) is 2. The summed E-state index contributed by atoms with van der Waals surface area (Å²) >= 11 is 5.73. The van der Waals surface area contributed by atoms with Gasteiger partial charge in [0.2, 0.25) is 0 Å². The molecule has 4 N–H and O–H groups in total.